The van der Waals surface area contributed by atoms with Gasteiger partial charge in [0.2, 0.25) is 0 Å². The molecule has 0 radical (unpaired) electrons. The molecule has 0 aliphatic heterocycles. The Labute approximate surface area is 137 Å². The second-order valence-electron chi connectivity index (χ2n) is 5.10. The minimum absolute atomic E-state index is 0.0315. The Bertz CT molecular complexity index is 670. The van der Waals surface area contributed by atoms with Crippen LogP contribution in [-0.2, 0) is 17.6 Å². The van der Waals surface area contributed by atoms with Crippen LogP contribution in [0.15, 0.2) is 42.5 Å². The number of fused-ring (bicyclic) bond motifs is 1. The summed E-state index contributed by atoms with van der Waals surface area (Å²) in [6, 6.07) is 13.8. The molecule has 2 aromatic rings. The standard InChI is InChI=1S/C17H16INO2/c18-15-6-1-2-7-16(15)19-17(20)11-21-14-9-8-12-4-3-5-13(12)10-14/h1-2,6-10H,3-5,11H2,(H,19,20). The van der Waals surface area contributed by atoms with Crippen LogP contribution < -0.4 is 10.1 Å². The Balaban J connectivity index is 1.58. The Hall–Kier alpha value is -1.56. The summed E-state index contributed by atoms with van der Waals surface area (Å²) in [6.45, 7) is 0.0315. The zero-order valence-corrected chi connectivity index (χ0v) is 13.7. The van der Waals surface area contributed by atoms with Gasteiger partial charge in [-0.15, -0.1) is 0 Å². The molecular weight excluding hydrogens is 377 g/mol. The van der Waals surface area contributed by atoms with Gasteiger partial charge in [0.1, 0.15) is 5.75 Å². The first-order valence-corrected chi connectivity index (χ1v) is 8.09. The smallest absolute Gasteiger partial charge is 0.262 e. The number of hydrogen-bond acceptors (Lipinski definition) is 2. The number of hydrogen-bond donors (Lipinski definition) is 1. The van der Waals surface area contributed by atoms with Crippen LogP contribution in [0.5, 0.6) is 5.75 Å². The molecule has 0 bridgehead atoms. The van der Waals surface area contributed by atoms with Crippen LogP contribution in [0, 0.1) is 3.57 Å². The first kappa shape index (κ1) is 14.4. The molecule has 0 heterocycles. The van der Waals surface area contributed by atoms with Crippen LogP contribution in [0.2, 0.25) is 0 Å². The van der Waals surface area contributed by atoms with Crippen LogP contribution in [0.3, 0.4) is 0 Å². The lowest BCUT2D eigenvalue weighted by atomic mass is 10.1. The highest BCUT2D eigenvalue weighted by Gasteiger charge is 2.12. The molecule has 3 nitrogen and oxygen atoms in total. The van der Waals surface area contributed by atoms with Gasteiger partial charge in [-0.2, -0.15) is 0 Å². The summed E-state index contributed by atoms with van der Waals surface area (Å²) in [4.78, 5) is 11.9. The Morgan fingerprint density at radius 1 is 1.14 bits per heavy atom. The Morgan fingerprint density at radius 3 is 2.81 bits per heavy atom. The second kappa shape index (κ2) is 6.47. The quantitative estimate of drug-likeness (QED) is 0.803. The minimum atomic E-state index is -0.139. The number of ether oxygens (including phenoxy) is 1. The lowest BCUT2D eigenvalue weighted by molar-refractivity contribution is -0.118. The third kappa shape index (κ3) is 3.56. The molecule has 0 saturated heterocycles. The number of benzene rings is 2. The molecule has 1 N–H and O–H groups in total. The summed E-state index contributed by atoms with van der Waals surface area (Å²) in [7, 11) is 0. The molecule has 0 unspecified atom stereocenters. The third-order valence-electron chi connectivity index (χ3n) is 3.59. The van der Waals surface area contributed by atoms with Gasteiger partial charge >= 0.3 is 0 Å². The maximum Gasteiger partial charge on any atom is 0.262 e. The van der Waals surface area contributed by atoms with E-state index in [4.69, 9.17) is 4.74 Å². The second-order valence-corrected chi connectivity index (χ2v) is 6.26. The van der Waals surface area contributed by atoms with Crippen molar-refractivity contribution in [3.05, 3.63) is 57.2 Å². The Kier molecular flexibility index (Phi) is 4.43. The van der Waals surface area contributed by atoms with E-state index in [1.807, 2.05) is 30.3 Å². The summed E-state index contributed by atoms with van der Waals surface area (Å²) in [5.41, 5.74) is 3.58. The zero-order chi connectivity index (χ0) is 14.7. The minimum Gasteiger partial charge on any atom is -0.484 e. The van der Waals surface area contributed by atoms with Gasteiger partial charge in [-0.1, -0.05) is 18.2 Å². The van der Waals surface area contributed by atoms with Crippen molar-refractivity contribution < 1.29 is 9.53 Å². The lowest BCUT2D eigenvalue weighted by Crippen LogP contribution is -2.20. The number of anilines is 1. The average Bonchev–Trinajstić information content (AvgIpc) is 2.95. The predicted molar refractivity (Wildman–Crippen MR) is 91.8 cm³/mol. The van der Waals surface area contributed by atoms with Crippen molar-refractivity contribution in [2.75, 3.05) is 11.9 Å². The maximum atomic E-state index is 11.9. The van der Waals surface area contributed by atoms with Crippen LogP contribution in [0.25, 0.3) is 0 Å². The topological polar surface area (TPSA) is 38.3 Å². The molecule has 1 aliphatic rings. The van der Waals surface area contributed by atoms with Gasteiger partial charge in [-0.25, -0.2) is 0 Å². The van der Waals surface area contributed by atoms with E-state index in [0.717, 1.165) is 27.8 Å². The van der Waals surface area contributed by atoms with Crippen molar-refractivity contribution in [2.45, 2.75) is 19.3 Å². The lowest BCUT2D eigenvalue weighted by Gasteiger charge is -2.10. The molecule has 0 saturated carbocycles. The van der Waals surface area contributed by atoms with Gasteiger partial charge in [-0.05, 0) is 77.2 Å². The fourth-order valence-corrected chi connectivity index (χ4v) is 3.06. The normalized spacial score (nSPS) is 12.8. The molecule has 1 aliphatic carbocycles. The summed E-state index contributed by atoms with van der Waals surface area (Å²) in [6.07, 6.45) is 3.48. The molecule has 3 rings (SSSR count). The van der Waals surface area contributed by atoms with Crippen molar-refractivity contribution in [3.8, 4) is 5.75 Å². The molecule has 0 fully saturated rings. The summed E-state index contributed by atoms with van der Waals surface area (Å²) in [5.74, 6) is 0.633. The van der Waals surface area contributed by atoms with E-state index in [2.05, 4.69) is 40.0 Å². The van der Waals surface area contributed by atoms with Gasteiger partial charge < -0.3 is 10.1 Å². The molecule has 0 spiro atoms. The fourth-order valence-electron chi connectivity index (χ4n) is 2.54. The molecule has 0 atom stereocenters. The summed E-state index contributed by atoms with van der Waals surface area (Å²) < 4.78 is 6.61. The van der Waals surface area contributed by atoms with Crippen molar-refractivity contribution in [1.29, 1.82) is 0 Å². The average molecular weight is 393 g/mol. The monoisotopic (exact) mass is 393 g/mol. The van der Waals surface area contributed by atoms with E-state index >= 15 is 0 Å². The zero-order valence-electron chi connectivity index (χ0n) is 11.6. The number of para-hydroxylation sites is 1. The van der Waals surface area contributed by atoms with Crippen molar-refractivity contribution in [3.63, 3.8) is 0 Å². The van der Waals surface area contributed by atoms with Gasteiger partial charge in [0.15, 0.2) is 6.61 Å². The molecule has 4 heteroatoms. The van der Waals surface area contributed by atoms with Gasteiger partial charge in [0, 0.05) is 3.57 Å². The van der Waals surface area contributed by atoms with Gasteiger partial charge in [0.05, 0.1) is 5.69 Å². The Morgan fingerprint density at radius 2 is 1.95 bits per heavy atom. The highest BCUT2D eigenvalue weighted by molar-refractivity contribution is 14.1. The van der Waals surface area contributed by atoms with Gasteiger partial charge in [0.25, 0.3) is 5.91 Å². The fraction of sp³-hybridized carbons (Fsp3) is 0.235. The number of halogens is 1. The molecule has 21 heavy (non-hydrogen) atoms. The van der Waals surface area contributed by atoms with Crippen LogP contribution in [0.4, 0.5) is 5.69 Å². The highest BCUT2D eigenvalue weighted by Crippen LogP contribution is 2.26. The van der Waals surface area contributed by atoms with E-state index in [1.54, 1.807) is 0 Å². The summed E-state index contributed by atoms with van der Waals surface area (Å²) in [5, 5.41) is 2.86. The number of amides is 1. The van der Waals surface area contributed by atoms with E-state index in [1.165, 1.54) is 17.5 Å². The van der Waals surface area contributed by atoms with E-state index < -0.39 is 0 Å². The predicted octanol–water partition coefficient (Wildman–Crippen LogP) is 3.80. The SMILES string of the molecule is O=C(COc1ccc2c(c1)CCC2)Nc1ccccc1I. The number of nitrogens with one attached hydrogen (secondary N) is 1. The van der Waals surface area contributed by atoms with Gasteiger partial charge in [-0.3, -0.25) is 4.79 Å². The van der Waals surface area contributed by atoms with Crippen LogP contribution >= 0.6 is 22.6 Å². The van der Waals surface area contributed by atoms with Crippen molar-refractivity contribution >= 4 is 34.2 Å². The number of carbonyl (C=O) groups is 1. The molecule has 0 aromatic heterocycles. The first-order chi connectivity index (χ1) is 10.2. The molecule has 2 aromatic carbocycles. The van der Waals surface area contributed by atoms with Crippen molar-refractivity contribution in [1.82, 2.24) is 0 Å². The summed E-state index contributed by atoms with van der Waals surface area (Å²) >= 11 is 2.20. The number of aryl methyl sites for hydroxylation is 2. The van der Waals surface area contributed by atoms with Crippen LogP contribution in [-0.4, -0.2) is 12.5 Å². The molecule has 1 amide bonds. The van der Waals surface area contributed by atoms with E-state index in [-0.39, 0.29) is 12.5 Å². The van der Waals surface area contributed by atoms with E-state index in [9.17, 15) is 4.79 Å². The third-order valence-corrected chi connectivity index (χ3v) is 4.53. The van der Waals surface area contributed by atoms with E-state index in [0.29, 0.717) is 0 Å². The molecular formula is C17H16INO2. The largest absolute Gasteiger partial charge is 0.484 e. The maximum absolute atomic E-state index is 11.9. The first-order valence-electron chi connectivity index (χ1n) is 7.01. The highest BCUT2D eigenvalue weighted by atomic mass is 127. The number of rotatable bonds is 4. The van der Waals surface area contributed by atoms with Crippen molar-refractivity contribution in [2.24, 2.45) is 0 Å². The van der Waals surface area contributed by atoms with Crippen LogP contribution in [0.1, 0.15) is 17.5 Å². The molecule has 108 valence electrons. The number of carbonyl (C=O) groups excluding carboxylic acids is 1.